The van der Waals surface area contributed by atoms with E-state index in [1.807, 2.05) is 13.0 Å². The zero-order chi connectivity index (χ0) is 11.1. The van der Waals surface area contributed by atoms with Crippen molar-refractivity contribution in [3.8, 4) is 0 Å². The van der Waals surface area contributed by atoms with Crippen LogP contribution in [0.2, 0.25) is 0 Å². The number of nitrogen functional groups attached to an aromatic ring is 1. The second-order valence-corrected chi connectivity index (χ2v) is 3.04. The van der Waals surface area contributed by atoms with Crippen LogP contribution in [0.4, 0.5) is 11.8 Å². The lowest BCUT2D eigenvalue weighted by molar-refractivity contribution is 0.289. The van der Waals surface area contributed by atoms with Crippen molar-refractivity contribution in [3.63, 3.8) is 0 Å². The summed E-state index contributed by atoms with van der Waals surface area (Å²) in [4.78, 5) is 10.2. The van der Waals surface area contributed by atoms with Crippen molar-refractivity contribution in [2.45, 2.75) is 13.3 Å². The monoisotopic (exact) mass is 211 g/mol. The number of hydrogen-bond donors (Lipinski definition) is 3. The molecule has 1 aromatic rings. The van der Waals surface area contributed by atoms with E-state index in [1.165, 1.54) is 0 Å². The normalized spacial score (nSPS) is 10.1. The molecule has 15 heavy (non-hydrogen) atoms. The summed E-state index contributed by atoms with van der Waals surface area (Å²) >= 11 is 0. The van der Waals surface area contributed by atoms with E-state index >= 15 is 0 Å². The topological polar surface area (TPSA) is 87.3 Å². The van der Waals surface area contributed by atoms with Gasteiger partial charge in [0, 0.05) is 25.9 Å². The smallest absolute Gasteiger partial charge is 0.239 e. The maximum absolute atomic E-state index is 8.77. The van der Waals surface area contributed by atoms with E-state index in [9.17, 15) is 0 Å². The standard InChI is InChI=1S/C9H17N5O/c1-2-14(6-3-7-15)8-4-5-11-9(12-8)13-10/h4-5,15H,2-3,6-7,10H2,1H3,(H,11,12,13). The van der Waals surface area contributed by atoms with E-state index in [4.69, 9.17) is 10.9 Å². The second kappa shape index (κ2) is 6.15. The van der Waals surface area contributed by atoms with E-state index in [1.54, 1.807) is 6.20 Å². The molecule has 1 aromatic heterocycles. The zero-order valence-electron chi connectivity index (χ0n) is 8.85. The van der Waals surface area contributed by atoms with Crippen molar-refractivity contribution in [2.24, 2.45) is 5.84 Å². The molecular weight excluding hydrogens is 194 g/mol. The van der Waals surface area contributed by atoms with Crippen molar-refractivity contribution >= 4 is 11.8 Å². The number of hydrazine groups is 1. The number of anilines is 2. The summed E-state index contributed by atoms with van der Waals surface area (Å²) in [6.07, 6.45) is 2.38. The van der Waals surface area contributed by atoms with E-state index in [-0.39, 0.29) is 6.61 Å². The van der Waals surface area contributed by atoms with Crippen LogP contribution in [0.15, 0.2) is 12.3 Å². The van der Waals surface area contributed by atoms with E-state index < -0.39 is 0 Å². The highest BCUT2D eigenvalue weighted by Crippen LogP contribution is 2.11. The van der Waals surface area contributed by atoms with Gasteiger partial charge >= 0.3 is 0 Å². The minimum Gasteiger partial charge on any atom is -0.396 e. The van der Waals surface area contributed by atoms with Crippen LogP contribution < -0.4 is 16.2 Å². The Labute approximate surface area is 89.1 Å². The summed E-state index contributed by atoms with van der Waals surface area (Å²) in [7, 11) is 0. The first-order valence-electron chi connectivity index (χ1n) is 4.97. The summed E-state index contributed by atoms with van der Waals surface area (Å²) < 4.78 is 0. The third-order valence-electron chi connectivity index (χ3n) is 2.06. The van der Waals surface area contributed by atoms with Crippen LogP contribution in [0.5, 0.6) is 0 Å². The predicted octanol–water partition coefficient (Wildman–Crippen LogP) is -0.0291. The fraction of sp³-hybridized carbons (Fsp3) is 0.556. The average molecular weight is 211 g/mol. The van der Waals surface area contributed by atoms with Crippen molar-refractivity contribution in [3.05, 3.63) is 12.3 Å². The third-order valence-corrected chi connectivity index (χ3v) is 2.06. The van der Waals surface area contributed by atoms with Crippen LogP contribution in [-0.4, -0.2) is 34.8 Å². The minimum absolute atomic E-state index is 0.184. The number of hydrogen-bond acceptors (Lipinski definition) is 6. The van der Waals surface area contributed by atoms with Crippen LogP contribution >= 0.6 is 0 Å². The molecule has 84 valence electrons. The summed E-state index contributed by atoms with van der Waals surface area (Å²) in [5.41, 5.74) is 2.40. The van der Waals surface area contributed by atoms with Crippen LogP contribution in [0.25, 0.3) is 0 Å². The number of nitrogens with two attached hydrogens (primary N) is 1. The lowest BCUT2D eigenvalue weighted by Gasteiger charge is -2.21. The van der Waals surface area contributed by atoms with Gasteiger partial charge in [-0.25, -0.2) is 10.8 Å². The first-order chi connectivity index (χ1) is 7.31. The maximum Gasteiger partial charge on any atom is 0.239 e. The summed E-state index contributed by atoms with van der Waals surface area (Å²) in [5, 5.41) is 8.77. The molecule has 6 nitrogen and oxygen atoms in total. The number of aliphatic hydroxyl groups excluding tert-OH is 1. The molecule has 4 N–H and O–H groups in total. The largest absolute Gasteiger partial charge is 0.396 e. The fourth-order valence-electron chi connectivity index (χ4n) is 1.29. The van der Waals surface area contributed by atoms with Gasteiger partial charge in [-0.05, 0) is 19.4 Å². The average Bonchev–Trinajstić information content (AvgIpc) is 2.30. The Bertz CT molecular complexity index is 294. The Kier molecular flexibility index (Phi) is 4.79. The van der Waals surface area contributed by atoms with Crippen LogP contribution in [-0.2, 0) is 0 Å². The summed E-state index contributed by atoms with van der Waals surface area (Å²) in [5.74, 6) is 6.44. The van der Waals surface area contributed by atoms with Gasteiger partial charge in [0.25, 0.3) is 0 Å². The Morgan fingerprint density at radius 2 is 2.40 bits per heavy atom. The van der Waals surface area contributed by atoms with Crippen molar-refractivity contribution in [1.82, 2.24) is 9.97 Å². The van der Waals surface area contributed by atoms with Gasteiger partial charge in [0.15, 0.2) is 0 Å². The van der Waals surface area contributed by atoms with Gasteiger partial charge in [-0.1, -0.05) is 0 Å². The minimum atomic E-state index is 0.184. The van der Waals surface area contributed by atoms with Crippen LogP contribution in [0.3, 0.4) is 0 Å². The highest BCUT2D eigenvalue weighted by molar-refractivity contribution is 5.41. The van der Waals surface area contributed by atoms with Gasteiger partial charge in [0.05, 0.1) is 0 Å². The predicted molar refractivity (Wildman–Crippen MR) is 59.4 cm³/mol. The molecule has 0 amide bonds. The number of aromatic nitrogens is 2. The van der Waals surface area contributed by atoms with Crippen molar-refractivity contribution in [2.75, 3.05) is 30.0 Å². The molecule has 0 aromatic carbocycles. The molecule has 0 radical (unpaired) electrons. The number of rotatable bonds is 6. The Morgan fingerprint density at radius 3 is 3.00 bits per heavy atom. The maximum atomic E-state index is 8.77. The molecule has 0 aliphatic rings. The zero-order valence-corrected chi connectivity index (χ0v) is 8.85. The van der Waals surface area contributed by atoms with Gasteiger partial charge in [-0.15, -0.1) is 0 Å². The molecule has 0 atom stereocenters. The molecule has 0 bridgehead atoms. The summed E-state index contributed by atoms with van der Waals surface area (Å²) in [6, 6.07) is 1.82. The molecule has 1 rings (SSSR count). The molecule has 6 heteroatoms. The quantitative estimate of drug-likeness (QED) is 0.452. The van der Waals surface area contributed by atoms with Gasteiger partial charge < -0.3 is 10.0 Å². The van der Waals surface area contributed by atoms with Crippen molar-refractivity contribution in [1.29, 1.82) is 0 Å². The number of nitrogens with one attached hydrogen (secondary N) is 1. The van der Waals surface area contributed by atoms with Crippen molar-refractivity contribution < 1.29 is 5.11 Å². The van der Waals surface area contributed by atoms with Gasteiger partial charge in [0.2, 0.25) is 5.95 Å². The molecule has 0 aliphatic carbocycles. The first-order valence-corrected chi connectivity index (χ1v) is 4.97. The third kappa shape index (κ3) is 3.34. The lowest BCUT2D eigenvalue weighted by atomic mass is 10.4. The molecule has 0 fully saturated rings. The van der Waals surface area contributed by atoms with E-state index in [0.29, 0.717) is 5.95 Å². The highest BCUT2D eigenvalue weighted by Gasteiger charge is 2.05. The Balaban J connectivity index is 2.72. The molecule has 1 heterocycles. The SMILES string of the molecule is CCN(CCCO)c1ccnc(NN)n1. The fourth-order valence-corrected chi connectivity index (χ4v) is 1.29. The first kappa shape index (κ1) is 11.7. The van der Waals surface area contributed by atoms with Gasteiger partial charge in [-0.3, -0.25) is 5.43 Å². The van der Waals surface area contributed by atoms with E-state index in [2.05, 4.69) is 20.3 Å². The molecule has 0 saturated heterocycles. The number of aliphatic hydroxyl groups is 1. The van der Waals surface area contributed by atoms with Crippen LogP contribution in [0.1, 0.15) is 13.3 Å². The van der Waals surface area contributed by atoms with Gasteiger partial charge in [0.1, 0.15) is 5.82 Å². The molecule has 0 spiro atoms. The highest BCUT2D eigenvalue weighted by atomic mass is 16.3. The lowest BCUT2D eigenvalue weighted by Crippen LogP contribution is -2.26. The molecule has 0 saturated carbocycles. The molecule has 0 unspecified atom stereocenters. The van der Waals surface area contributed by atoms with E-state index in [0.717, 1.165) is 25.3 Å². The van der Waals surface area contributed by atoms with Gasteiger partial charge in [-0.2, -0.15) is 4.98 Å². The van der Waals surface area contributed by atoms with Crippen LogP contribution in [0, 0.1) is 0 Å². The molecular formula is C9H17N5O. The molecule has 0 aliphatic heterocycles. The Morgan fingerprint density at radius 1 is 1.60 bits per heavy atom. The summed E-state index contributed by atoms with van der Waals surface area (Å²) in [6.45, 7) is 3.83. The second-order valence-electron chi connectivity index (χ2n) is 3.04. The Hall–Kier alpha value is -1.40. The number of nitrogens with zero attached hydrogens (tertiary/aromatic N) is 3.